The molecule has 0 unspecified atom stereocenters. The van der Waals surface area contributed by atoms with Gasteiger partial charge >= 0.3 is 5.97 Å². The zero-order chi connectivity index (χ0) is 14.3. The quantitative estimate of drug-likeness (QED) is 0.710. The largest absolute Gasteiger partial charge is 0.482 e. The van der Waals surface area contributed by atoms with Gasteiger partial charge < -0.3 is 14.3 Å². The molecule has 0 N–H and O–H groups in total. The lowest BCUT2D eigenvalue weighted by Gasteiger charge is -2.09. The van der Waals surface area contributed by atoms with E-state index in [9.17, 15) is 9.59 Å². The predicted octanol–water partition coefficient (Wildman–Crippen LogP) is 2.54. The van der Waals surface area contributed by atoms with Crippen LogP contribution in [0.25, 0.3) is 0 Å². The summed E-state index contributed by atoms with van der Waals surface area (Å²) in [4.78, 5) is 22.2. The van der Waals surface area contributed by atoms with Crippen molar-refractivity contribution in [3.05, 3.63) is 29.8 Å². The topological polar surface area (TPSA) is 52.6 Å². The van der Waals surface area contributed by atoms with Crippen molar-refractivity contribution in [2.24, 2.45) is 0 Å². The molecule has 1 aromatic rings. The van der Waals surface area contributed by atoms with Crippen LogP contribution in [0.15, 0.2) is 24.3 Å². The predicted molar refractivity (Wildman–Crippen MR) is 72.2 cm³/mol. The minimum absolute atomic E-state index is 0.0923. The zero-order valence-electron chi connectivity index (χ0n) is 11.6. The number of hydrogen-bond donors (Lipinski definition) is 0. The van der Waals surface area contributed by atoms with Crippen molar-refractivity contribution < 1.29 is 19.1 Å². The van der Waals surface area contributed by atoms with Gasteiger partial charge in [0.2, 0.25) is 0 Å². The van der Waals surface area contributed by atoms with Gasteiger partial charge in [0.15, 0.2) is 6.61 Å². The SMILES string of the molecule is CC(=O)CCc1ccc(OCC(=O)OC(C)C)cc1. The van der Waals surface area contributed by atoms with Crippen molar-refractivity contribution in [3.8, 4) is 5.75 Å². The van der Waals surface area contributed by atoms with Crippen LogP contribution >= 0.6 is 0 Å². The summed E-state index contributed by atoms with van der Waals surface area (Å²) in [6, 6.07) is 7.37. The maximum absolute atomic E-state index is 11.3. The Morgan fingerprint density at radius 2 is 1.79 bits per heavy atom. The second-order valence-electron chi connectivity index (χ2n) is 4.67. The molecule has 0 aliphatic heterocycles. The molecule has 4 heteroatoms. The molecule has 0 heterocycles. The van der Waals surface area contributed by atoms with Crippen LogP contribution in [0.2, 0.25) is 0 Å². The molecule has 0 spiro atoms. The molecule has 0 aromatic heterocycles. The standard InChI is InChI=1S/C15H20O4/c1-11(2)19-15(17)10-18-14-8-6-13(7-9-14)5-4-12(3)16/h6-9,11H,4-5,10H2,1-3H3. The number of Topliss-reactive ketones (excluding diaryl/α,β-unsaturated/α-hetero) is 1. The van der Waals surface area contributed by atoms with Crippen molar-refractivity contribution in [2.75, 3.05) is 6.61 Å². The van der Waals surface area contributed by atoms with Crippen LogP contribution in [-0.4, -0.2) is 24.5 Å². The lowest BCUT2D eigenvalue weighted by molar-refractivity contribution is -0.149. The Labute approximate surface area is 113 Å². The molecule has 0 aliphatic rings. The minimum atomic E-state index is -0.379. The fourth-order valence-corrected chi connectivity index (χ4v) is 1.51. The minimum Gasteiger partial charge on any atom is -0.482 e. The summed E-state index contributed by atoms with van der Waals surface area (Å²) in [6.07, 6.45) is 1.14. The molecule has 0 saturated carbocycles. The molecule has 0 atom stereocenters. The number of ketones is 1. The first-order valence-corrected chi connectivity index (χ1v) is 6.38. The normalized spacial score (nSPS) is 10.3. The third-order valence-electron chi connectivity index (χ3n) is 2.41. The molecule has 4 nitrogen and oxygen atoms in total. The molecule has 104 valence electrons. The fourth-order valence-electron chi connectivity index (χ4n) is 1.51. The highest BCUT2D eigenvalue weighted by molar-refractivity contribution is 5.75. The number of hydrogen-bond acceptors (Lipinski definition) is 4. The van der Waals surface area contributed by atoms with Gasteiger partial charge in [0, 0.05) is 6.42 Å². The van der Waals surface area contributed by atoms with Gasteiger partial charge in [0.1, 0.15) is 11.5 Å². The highest BCUT2D eigenvalue weighted by atomic mass is 16.6. The maximum Gasteiger partial charge on any atom is 0.344 e. The van der Waals surface area contributed by atoms with Gasteiger partial charge in [-0.25, -0.2) is 4.79 Å². The van der Waals surface area contributed by atoms with Crippen LogP contribution < -0.4 is 4.74 Å². The van der Waals surface area contributed by atoms with E-state index in [1.54, 1.807) is 32.9 Å². The van der Waals surface area contributed by atoms with E-state index in [0.717, 1.165) is 12.0 Å². The highest BCUT2D eigenvalue weighted by Gasteiger charge is 2.06. The number of esters is 1. The highest BCUT2D eigenvalue weighted by Crippen LogP contribution is 2.13. The van der Waals surface area contributed by atoms with Crippen molar-refractivity contribution in [1.82, 2.24) is 0 Å². The summed E-state index contributed by atoms with van der Waals surface area (Å²) in [7, 11) is 0. The van der Waals surface area contributed by atoms with Gasteiger partial charge in [-0.1, -0.05) is 12.1 Å². The molecule has 0 amide bonds. The van der Waals surface area contributed by atoms with Gasteiger partial charge in [0.05, 0.1) is 6.10 Å². The summed E-state index contributed by atoms with van der Waals surface area (Å²) < 4.78 is 10.3. The van der Waals surface area contributed by atoms with Crippen molar-refractivity contribution >= 4 is 11.8 Å². The van der Waals surface area contributed by atoms with Crippen LogP contribution in [0.3, 0.4) is 0 Å². The van der Waals surface area contributed by atoms with Gasteiger partial charge in [-0.3, -0.25) is 0 Å². The molecular formula is C15H20O4. The van der Waals surface area contributed by atoms with Crippen LogP contribution in [0.1, 0.15) is 32.8 Å². The molecule has 0 saturated heterocycles. The van der Waals surface area contributed by atoms with Gasteiger partial charge in [-0.2, -0.15) is 0 Å². The maximum atomic E-state index is 11.3. The molecule has 0 radical (unpaired) electrons. The summed E-state index contributed by atoms with van der Waals surface area (Å²) in [5, 5.41) is 0. The number of carbonyl (C=O) groups is 2. The van der Waals surface area contributed by atoms with E-state index in [1.807, 2.05) is 12.1 Å². The molecule has 0 bridgehead atoms. The van der Waals surface area contributed by atoms with Crippen molar-refractivity contribution in [2.45, 2.75) is 39.7 Å². The average Bonchev–Trinajstić information content (AvgIpc) is 2.34. The second-order valence-corrected chi connectivity index (χ2v) is 4.67. The number of benzene rings is 1. The molecular weight excluding hydrogens is 244 g/mol. The Bertz CT molecular complexity index is 420. The Morgan fingerprint density at radius 1 is 1.16 bits per heavy atom. The lowest BCUT2D eigenvalue weighted by atomic mass is 10.1. The van der Waals surface area contributed by atoms with Crippen LogP contribution in [0.5, 0.6) is 5.75 Å². The van der Waals surface area contributed by atoms with Crippen molar-refractivity contribution in [3.63, 3.8) is 0 Å². The molecule has 1 rings (SSSR count). The summed E-state index contributed by atoms with van der Waals surface area (Å²) in [5.41, 5.74) is 1.08. The number of rotatable bonds is 7. The summed E-state index contributed by atoms with van der Waals surface area (Å²) >= 11 is 0. The van der Waals surface area contributed by atoms with Crippen molar-refractivity contribution in [1.29, 1.82) is 0 Å². The summed E-state index contributed by atoms with van der Waals surface area (Å²) in [6.45, 7) is 5.08. The smallest absolute Gasteiger partial charge is 0.344 e. The first kappa shape index (κ1) is 15.2. The van der Waals surface area contributed by atoms with E-state index in [-0.39, 0.29) is 24.5 Å². The zero-order valence-corrected chi connectivity index (χ0v) is 11.6. The third kappa shape index (κ3) is 6.60. The van der Waals surface area contributed by atoms with E-state index in [4.69, 9.17) is 9.47 Å². The number of aryl methyl sites for hydroxylation is 1. The monoisotopic (exact) mass is 264 g/mol. The van der Waals surface area contributed by atoms with Gasteiger partial charge in [-0.15, -0.1) is 0 Å². The fraction of sp³-hybridized carbons (Fsp3) is 0.467. The number of carbonyl (C=O) groups excluding carboxylic acids is 2. The van der Waals surface area contributed by atoms with E-state index in [0.29, 0.717) is 12.2 Å². The Hall–Kier alpha value is -1.84. The second kappa shape index (κ2) is 7.56. The first-order valence-electron chi connectivity index (χ1n) is 6.38. The van der Waals surface area contributed by atoms with E-state index in [1.165, 1.54) is 0 Å². The van der Waals surface area contributed by atoms with E-state index >= 15 is 0 Å². The molecule has 19 heavy (non-hydrogen) atoms. The van der Waals surface area contributed by atoms with E-state index in [2.05, 4.69) is 0 Å². The molecule has 0 aliphatic carbocycles. The van der Waals surface area contributed by atoms with E-state index < -0.39 is 0 Å². The first-order chi connectivity index (χ1) is 8.97. The van der Waals surface area contributed by atoms with Gasteiger partial charge in [0.25, 0.3) is 0 Å². The average molecular weight is 264 g/mol. The summed E-state index contributed by atoms with van der Waals surface area (Å²) in [5.74, 6) is 0.416. The number of ether oxygens (including phenoxy) is 2. The van der Waals surface area contributed by atoms with Gasteiger partial charge in [-0.05, 0) is 44.9 Å². The Morgan fingerprint density at radius 3 is 2.32 bits per heavy atom. The van der Waals surface area contributed by atoms with Crippen LogP contribution in [0.4, 0.5) is 0 Å². The lowest BCUT2D eigenvalue weighted by Crippen LogP contribution is -2.18. The Balaban J connectivity index is 2.39. The van der Waals surface area contributed by atoms with Crippen LogP contribution in [-0.2, 0) is 20.7 Å². The molecule has 1 aromatic carbocycles. The third-order valence-corrected chi connectivity index (χ3v) is 2.41. The van der Waals surface area contributed by atoms with Crippen LogP contribution in [0, 0.1) is 0 Å². The molecule has 0 fully saturated rings. The Kier molecular flexibility index (Phi) is 6.06.